The topological polar surface area (TPSA) is 68.2 Å². The van der Waals surface area contributed by atoms with E-state index in [1.54, 1.807) is 30.6 Å². The number of aromatic nitrogens is 2. The number of ether oxygens (including phenoxy) is 1. The van der Waals surface area contributed by atoms with Gasteiger partial charge in [0.05, 0.1) is 12.7 Å². The number of carbonyl (C=O) groups is 1. The smallest absolute Gasteiger partial charge is 0.244 e. The highest BCUT2D eigenvalue weighted by atomic mass is 35.5. The second-order valence-corrected chi connectivity index (χ2v) is 5.11. The lowest BCUT2D eigenvalue weighted by atomic mass is 10.1. The van der Waals surface area contributed by atoms with E-state index in [9.17, 15) is 9.18 Å². The molecule has 0 aliphatic carbocycles. The molecule has 1 aromatic heterocycles. The molecular formula is C15H19Cl2FN4O2. The standard InChI is InChI=1S/C15H17FN4O2.2ClH/c1-10-14(17-6-8-22-10)15(21)19-11-3-4-13(12(16)9-11)20-7-2-5-18-20;;/h2-5,7,9-10,14,17H,6,8H2,1H3,(H,19,21);2*1H/t10-,14+;;/m1../s1. The number of carbonyl (C=O) groups excluding carboxylic acids is 1. The second-order valence-electron chi connectivity index (χ2n) is 5.11. The molecule has 132 valence electrons. The number of nitrogens with one attached hydrogen (secondary N) is 2. The van der Waals surface area contributed by atoms with Gasteiger partial charge in [-0.1, -0.05) is 0 Å². The highest BCUT2D eigenvalue weighted by molar-refractivity contribution is 5.95. The van der Waals surface area contributed by atoms with Crippen LogP contribution in [0.5, 0.6) is 0 Å². The van der Waals surface area contributed by atoms with Crippen LogP contribution in [0.1, 0.15) is 6.92 Å². The highest BCUT2D eigenvalue weighted by Crippen LogP contribution is 2.18. The van der Waals surface area contributed by atoms with E-state index in [0.717, 1.165) is 0 Å². The van der Waals surface area contributed by atoms with Crippen LogP contribution in [-0.2, 0) is 9.53 Å². The molecule has 2 atom stereocenters. The van der Waals surface area contributed by atoms with Crippen LogP contribution in [0.15, 0.2) is 36.7 Å². The van der Waals surface area contributed by atoms with Gasteiger partial charge >= 0.3 is 0 Å². The zero-order valence-electron chi connectivity index (χ0n) is 12.9. The molecule has 3 rings (SSSR count). The maximum Gasteiger partial charge on any atom is 0.244 e. The minimum absolute atomic E-state index is 0. The molecule has 0 radical (unpaired) electrons. The molecule has 2 aromatic rings. The lowest BCUT2D eigenvalue weighted by Crippen LogP contribution is -2.53. The largest absolute Gasteiger partial charge is 0.375 e. The lowest BCUT2D eigenvalue weighted by molar-refractivity contribution is -0.123. The summed E-state index contributed by atoms with van der Waals surface area (Å²) in [6.45, 7) is 3.03. The number of halogens is 3. The number of nitrogens with zero attached hydrogens (tertiary/aromatic N) is 2. The van der Waals surface area contributed by atoms with Crippen molar-refractivity contribution in [1.82, 2.24) is 15.1 Å². The predicted molar refractivity (Wildman–Crippen MR) is 93.9 cm³/mol. The Morgan fingerprint density at radius 2 is 2.25 bits per heavy atom. The van der Waals surface area contributed by atoms with Gasteiger partial charge in [-0.15, -0.1) is 24.8 Å². The highest BCUT2D eigenvalue weighted by Gasteiger charge is 2.28. The molecule has 1 aromatic carbocycles. The van der Waals surface area contributed by atoms with Crippen molar-refractivity contribution in [1.29, 1.82) is 0 Å². The van der Waals surface area contributed by atoms with Crippen molar-refractivity contribution in [3.05, 3.63) is 42.5 Å². The Balaban J connectivity index is 0.00000144. The van der Waals surface area contributed by atoms with E-state index in [4.69, 9.17) is 4.74 Å². The molecule has 1 aliphatic rings. The van der Waals surface area contributed by atoms with Gasteiger partial charge in [0.2, 0.25) is 5.91 Å². The van der Waals surface area contributed by atoms with Crippen molar-refractivity contribution in [2.45, 2.75) is 19.1 Å². The fourth-order valence-electron chi connectivity index (χ4n) is 2.43. The Labute approximate surface area is 151 Å². The van der Waals surface area contributed by atoms with Crippen molar-refractivity contribution in [2.75, 3.05) is 18.5 Å². The van der Waals surface area contributed by atoms with Crippen molar-refractivity contribution in [3.63, 3.8) is 0 Å². The average Bonchev–Trinajstić information content (AvgIpc) is 3.01. The summed E-state index contributed by atoms with van der Waals surface area (Å²) in [5.41, 5.74) is 0.730. The zero-order chi connectivity index (χ0) is 15.5. The molecule has 6 nitrogen and oxygen atoms in total. The van der Waals surface area contributed by atoms with Gasteiger partial charge in [-0.3, -0.25) is 4.79 Å². The quantitative estimate of drug-likeness (QED) is 0.861. The fourth-order valence-corrected chi connectivity index (χ4v) is 2.43. The van der Waals surface area contributed by atoms with Crippen LogP contribution in [0.2, 0.25) is 0 Å². The van der Waals surface area contributed by atoms with E-state index in [1.165, 1.54) is 10.7 Å². The van der Waals surface area contributed by atoms with Gasteiger partial charge < -0.3 is 15.4 Å². The van der Waals surface area contributed by atoms with Crippen molar-refractivity contribution in [2.24, 2.45) is 0 Å². The Kier molecular flexibility index (Phi) is 7.62. The summed E-state index contributed by atoms with van der Waals surface area (Å²) in [6.07, 6.45) is 3.01. The van der Waals surface area contributed by atoms with Gasteiger partial charge in [-0.2, -0.15) is 5.10 Å². The summed E-state index contributed by atoms with van der Waals surface area (Å²) < 4.78 is 21.0. The van der Waals surface area contributed by atoms with Crippen molar-refractivity contribution < 1.29 is 13.9 Å². The minimum atomic E-state index is -0.456. The molecule has 1 aliphatic heterocycles. The molecule has 24 heavy (non-hydrogen) atoms. The van der Waals surface area contributed by atoms with E-state index in [1.807, 2.05) is 6.92 Å². The van der Waals surface area contributed by atoms with Gasteiger partial charge in [0.25, 0.3) is 0 Å². The molecule has 0 unspecified atom stereocenters. The van der Waals surface area contributed by atoms with Gasteiger partial charge in [-0.05, 0) is 31.2 Å². The first-order valence-corrected chi connectivity index (χ1v) is 7.10. The van der Waals surface area contributed by atoms with Gasteiger partial charge in [0.15, 0.2) is 5.82 Å². The summed E-state index contributed by atoms with van der Waals surface area (Å²) >= 11 is 0. The third-order valence-electron chi connectivity index (χ3n) is 3.57. The van der Waals surface area contributed by atoms with Crippen LogP contribution in [0.25, 0.3) is 5.69 Å². The number of benzene rings is 1. The SMILES string of the molecule is C[C@H]1OCCN[C@@H]1C(=O)Nc1ccc(-n2cccn2)c(F)c1.Cl.Cl. The monoisotopic (exact) mass is 376 g/mol. The van der Waals surface area contributed by atoms with Crippen molar-refractivity contribution >= 4 is 36.4 Å². The van der Waals surface area contributed by atoms with E-state index in [-0.39, 0.29) is 36.8 Å². The summed E-state index contributed by atoms with van der Waals surface area (Å²) in [7, 11) is 0. The molecule has 1 amide bonds. The van der Waals surface area contributed by atoms with Crippen LogP contribution < -0.4 is 10.6 Å². The average molecular weight is 377 g/mol. The Hall–Kier alpha value is -1.67. The molecule has 2 heterocycles. The number of amides is 1. The van der Waals surface area contributed by atoms with Crippen LogP contribution in [0.3, 0.4) is 0 Å². The van der Waals surface area contributed by atoms with Gasteiger partial charge in [0.1, 0.15) is 11.7 Å². The molecule has 2 N–H and O–H groups in total. The fraction of sp³-hybridized carbons (Fsp3) is 0.333. The number of hydrogen-bond donors (Lipinski definition) is 2. The molecule has 0 saturated carbocycles. The minimum Gasteiger partial charge on any atom is -0.375 e. The van der Waals surface area contributed by atoms with Gasteiger partial charge in [0, 0.05) is 24.6 Å². The third kappa shape index (κ3) is 4.45. The Morgan fingerprint density at radius 1 is 1.46 bits per heavy atom. The number of rotatable bonds is 3. The maximum atomic E-state index is 14.1. The van der Waals surface area contributed by atoms with Crippen LogP contribution >= 0.6 is 24.8 Å². The third-order valence-corrected chi connectivity index (χ3v) is 3.57. The predicted octanol–water partition coefficient (Wildman–Crippen LogP) is 2.17. The van der Waals surface area contributed by atoms with Gasteiger partial charge in [-0.25, -0.2) is 9.07 Å². The van der Waals surface area contributed by atoms with Crippen molar-refractivity contribution in [3.8, 4) is 5.69 Å². The first kappa shape index (κ1) is 20.4. The molecule has 1 fully saturated rings. The number of hydrogen-bond acceptors (Lipinski definition) is 4. The zero-order valence-corrected chi connectivity index (χ0v) is 14.6. The summed E-state index contributed by atoms with van der Waals surface area (Å²) in [4.78, 5) is 12.2. The second kappa shape index (κ2) is 8.98. The van der Waals surface area contributed by atoms with E-state index >= 15 is 0 Å². The lowest BCUT2D eigenvalue weighted by Gasteiger charge is -2.29. The van der Waals surface area contributed by atoms with Crippen LogP contribution in [-0.4, -0.2) is 41.0 Å². The Morgan fingerprint density at radius 3 is 2.88 bits per heavy atom. The maximum absolute atomic E-state index is 14.1. The first-order chi connectivity index (χ1) is 10.6. The van der Waals surface area contributed by atoms with Crippen LogP contribution in [0, 0.1) is 5.82 Å². The number of anilines is 1. The summed E-state index contributed by atoms with van der Waals surface area (Å²) in [5.74, 6) is -0.694. The van der Waals surface area contributed by atoms with E-state index in [2.05, 4.69) is 15.7 Å². The molecule has 0 spiro atoms. The molecule has 9 heteroatoms. The summed E-state index contributed by atoms with van der Waals surface area (Å²) in [5, 5.41) is 9.78. The first-order valence-electron chi connectivity index (χ1n) is 7.10. The molecule has 0 bridgehead atoms. The summed E-state index contributed by atoms with van der Waals surface area (Å²) in [6, 6.07) is 5.77. The van der Waals surface area contributed by atoms with E-state index in [0.29, 0.717) is 24.5 Å². The Bertz CT molecular complexity index is 669. The molecular weight excluding hydrogens is 358 g/mol. The van der Waals surface area contributed by atoms with E-state index < -0.39 is 11.9 Å². The number of morpholine rings is 1. The van der Waals surface area contributed by atoms with Crippen LogP contribution in [0.4, 0.5) is 10.1 Å². The molecule has 1 saturated heterocycles. The normalized spacial score (nSPS) is 19.8.